The van der Waals surface area contributed by atoms with Gasteiger partial charge in [-0.1, -0.05) is 26.0 Å². The third-order valence-electron chi connectivity index (χ3n) is 3.77. The van der Waals surface area contributed by atoms with Gasteiger partial charge in [0.1, 0.15) is 5.60 Å². The lowest BCUT2D eigenvalue weighted by atomic mass is 9.88. The van der Waals surface area contributed by atoms with E-state index in [1.54, 1.807) is 0 Å². The Kier molecular flexibility index (Phi) is 3.67. The van der Waals surface area contributed by atoms with Gasteiger partial charge in [-0.25, -0.2) is 0 Å². The highest BCUT2D eigenvalue weighted by atomic mass is 16.5. The summed E-state index contributed by atoms with van der Waals surface area (Å²) in [6.07, 6.45) is 1.61. The van der Waals surface area contributed by atoms with Gasteiger partial charge >= 0.3 is 0 Å². The highest BCUT2D eigenvalue weighted by Gasteiger charge is 2.32. The van der Waals surface area contributed by atoms with Gasteiger partial charge < -0.3 is 15.2 Å². The number of ether oxygens (including phenoxy) is 2. The van der Waals surface area contributed by atoms with Gasteiger partial charge in [0.15, 0.2) is 11.5 Å². The molecule has 1 aliphatic heterocycles. The summed E-state index contributed by atoms with van der Waals surface area (Å²) in [6.45, 7) is 8.58. The van der Waals surface area contributed by atoms with Crippen molar-refractivity contribution in [1.82, 2.24) is 0 Å². The lowest BCUT2D eigenvalue weighted by molar-refractivity contribution is 0.131. The van der Waals surface area contributed by atoms with Crippen LogP contribution in [0.4, 0.5) is 0 Å². The highest BCUT2D eigenvalue weighted by Crippen LogP contribution is 2.41. The van der Waals surface area contributed by atoms with E-state index >= 15 is 0 Å². The van der Waals surface area contributed by atoms with Crippen molar-refractivity contribution in [2.45, 2.75) is 46.1 Å². The summed E-state index contributed by atoms with van der Waals surface area (Å²) in [4.78, 5) is 0. The van der Waals surface area contributed by atoms with Gasteiger partial charge in [0, 0.05) is 17.4 Å². The summed E-state index contributed by atoms with van der Waals surface area (Å²) in [5.41, 5.74) is 6.27. The van der Waals surface area contributed by atoms with Crippen molar-refractivity contribution < 1.29 is 9.47 Å². The lowest BCUT2D eigenvalue weighted by Crippen LogP contribution is -2.32. The van der Waals surface area contributed by atoms with E-state index in [0.717, 1.165) is 17.9 Å². The summed E-state index contributed by atoms with van der Waals surface area (Å²) >= 11 is 0. The maximum Gasteiger partial charge on any atom is 0.165 e. The minimum Gasteiger partial charge on any atom is -0.490 e. The third-order valence-corrected chi connectivity index (χ3v) is 3.77. The molecule has 1 aromatic carbocycles. The number of rotatable bonds is 5. The largest absolute Gasteiger partial charge is 0.490 e. The standard InChI is InChI=1S/C16H24N2O2/c1-15(2,14(17)18)8-9-19-12-7-5-6-11-10-16(3,4)20-13(11)12/h5-7H,8-10H2,1-4H3,(H3,17,18). The van der Waals surface area contributed by atoms with E-state index < -0.39 is 0 Å². The zero-order valence-corrected chi connectivity index (χ0v) is 12.7. The summed E-state index contributed by atoms with van der Waals surface area (Å²) < 4.78 is 11.8. The van der Waals surface area contributed by atoms with Crippen molar-refractivity contribution in [2.75, 3.05) is 6.61 Å². The molecule has 0 radical (unpaired) electrons. The van der Waals surface area contributed by atoms with Crippen LogP contribution in [0, 0.1) is 10.8 Å². The number of para-hydroxylation sites is 1. The normalized spacial score (nSPS) is 16.4. The van der Waals surface area contributed by atoms with Gasteiger partial charge in [0.2, 0.25) is 0 Å². The van der Waals surface area contributed by atoms with E-state index in [2.05, 4.69) is 19.9 Å². The van der Waals surface area contributed by atoms with E-state index in [0.29, 0.717) is 13.0 Å². The van der Waals surface area contributed by atoms with Crippen molar-refractivity contribution >= 4 is 5.84 Å². The molecule has 0 fully saturated rings. The van der Waals surface area contributed by atoms with Crippen molar-refractivity contribution in [2.24, 2.45) is 11.1 Å². The fourth-order valence-corrected chi connectivity index (χ4v) is 2.25. The summed E-state index contributed by atoms with van der Waals surface area (Å²) in [5, 5.41) is 7.55. The van der Waals surface area contributed by atoms with Crippen LogP contribution in [0.25, 0.3) is 0 Å². The molecule has 4 heteroatoms. The van der Waals surface area contributed by atoms with Gasteiger partial charge in [-0.05, 0) is 26.3 Å². The fraction of sp³-hybridized carbons (Fsp3) is 0.562. The number of benzene rings is 1. The van der Waals surface area contributed by atoms with Gasteiger partial charge in [-0.2, -0.15) is 0 Å². The maximum absolute atomic E-state index is 7.55. The van der Waals surface area contributed by atoms with E-state index in [4.69, 9.17) is 20.6 Å². The van der Waals surface area contributed by atoms with Crippen LogP contribution in [-0.4, -0.2) is 18.0 Å². The van der Waals surface area contributed by atoms with Gasteiger partial charge in [0.05, 0.1) is 12.4 Å². The van der Waals surface area contributed by atoms with Crippen molar-refractivity contribution in [3.05, 3.63) is 23.8 Å². The predicted octanol–water partition coefficient (Wildman–Crippen LogP) is 3.13. The first-order valence-electron chi connectivity index (χ1n) is 6.99. The molecule has 1 heterocycles. The minimum absolute atomic E-state index is 0.166. The van der Waals surface area contributed by atoms with Crippen LogP contribution in [-0.2, 0) is 6.42 Å². The first kappa shape index (κ1) is 14.7. The van der Waals surface area contributed by atoms with Gasteiger partial charge in [-0.15, -0.1) is 0 Å². The molecule has 0 aromatic heterocycles. The number of nitrogens with two attached hydrogens (primary N) is 1. The van der Waals surface area contributed by atoms with Crippen molar-refractivity contribution in [3.8, 4) is 11.5 Å². The molecular weight excluding hydrogens is 252 g/mol. The average Bonchev–Trinajstić information content (AvgIpc) is 2.63. The Bertz CT molecular complexity index is 521. The molecule has 2 rings (SSSR count). The molecule has 0 atom stereocenters. The zero-order chi connectivity index (χ0) is 15.0. The van der Waals surface area contributed by atoms with E-state index in [1.807, 2.05) is 26.0 Å². The molecule has 3 N–H and O–H groups in total. The van der Waals surface area contributed by atoms with Crippen molar-refractivity contribution in [3.63, 3.8) is 0 Å². The molecule has 1 aliphatic rings. The number of nitrogens with one attached hydrogen (secondary N) is 1. The quantitative estimate of drug-likeness (QED) is 0.641. The van der Waals surface area contributed by atoms with Crippen LogP contribution in [0.2, 0.25) is 0 Å². The van der Waals surface area contributed by atoms with Gasteiger partial charge in [-0.3, -0.25) is 5.41 Å². The number of amidine groups is 1. The first-order chi connectivity index (χ1) is 9.21. The van der Waals surface area contributed by atoms with E-state index in [1.165, 1.54) is 5.56 Å². The molecule has 0 bridgehead atoms. The third kappa shape index (κ3) is 3.06. The topological polar surface area (TPSA) is 68.3 Å². The Labute approximate surface area is 120 Å². The molecule has 0 spiro atoms. The molecule has 4 nitrogen and oxygen atoms in total. The molecule has 20 heavy (non-hydrogen) atoms. The van der Waals surface area contributed by atoms with Crippen LogP contribution in [0.5, 0.6) is 11.5 Å². The SMILES string of the molecule is CC1(C)Cc2cccc(OCCC(C)(C)C(=N)N)c2O1. The molecule has 0 aliphatic carbocycles. The molecule has 110 valence electrons. The second-order valence-electron chi connectivity index (χ2n) is 6.68. The second-order valence-corrected chi connectivity index (χ2v) is 6.68. The molecule has 0 saturated carbocycles. The Morgan fingerprint density at radius 2 is 2.15 bits per heavy atom. The molecule has 0 amide bonds. The monoisotopic (exact) mass is 276 g/mol. The van der Waals surface area contributed by atoms with E-state index in [-0.39, 0.29) is 16.9 Å². The molecule has 0 saturated heterocycles. The Balaban J connectivity index is 2.03. The molecule has 1 aromatic rings. The van der Waals surface area contributed by atoms with Crippen molar-refractivity contribution in [1.29, 1.82) is 5.41 Å². The first-order valence-corrected chi connectivity index (χ1v) is 6.99. The van der Waals surface area contributed by atoms with Gasteiger partial charge in [0.25, 0.3) is 0 Å². The average molecular weight is 276 g/mol. The predicted molar refractivity (Wildman–Crippen MR) is 80.7 cm³/mol. The summed E-state index contributed by atoms with van der Waals surface area (Å²) in [5.74, 6) is 1.84. The fourth-order valence-electron chi connectivity index (χ4n) is 2.25. The Morgan fingerprint density at radius 1 is 1.45 bits per heavy atom. The van der Waals surface area contributed by atoms with Crippen LogP contribution < -0.4 is 15.2 Å². The molecular formula is C16H24N2O2. The molecule has 0 unspecified atom stereocenters. The van der Waals surface area contributed by atoms with Crippen LogP contribution in [0.1, 0.15) is 39.7 Å². The minimum atomic E-state index is -0.335. The number of hydrogen-bond donors (Lipinski definition) is 2. The van der Waals surface area contributed by atoms with E-state index in [9.17, 15) is 0 Å². The number of fused-ring (bicyclic) bond motifs is 1. The lowest BCUT2D eigenvalue weighted by Gasteiger charge is -2.23. The van der Waals surface area contributed by atoms with Crippen LogP contribution >= 0.6 is 0 Å². The summed E-state index contributed by atoms with van der Waals surface area (Å²) in [6, 6.07) is 6.01. The summed E-state index contributed by atoms with van der Waals surface area (Å²) in [7, 11) is 0. The maximum atomic E-state index is 7.55. The van der Waals surface area contributed by atoms with Crippen LogP contribution in [0.3, 0.4) is 0 Å². The van der Waals surface area contributed by atoms with Crippen LogP contribution in [0.15, 0.2) is 18.2 Å². The smallest absolute Gasteiger partial charge is 0.165 e. The highest BCUT2D eigenvalue weighted by molar-refractivity contribution is 5.82. The zero-order valence-electron chi connectivity index (χ0n) is 12.7. The Hall–Kier alpha value is -1.71. The Morgan fingerprint density at radius 3 is 2.80 bits per heavy atom. The second kappa shape index (κ2) is 5.00. The number of hydrogen-bond acceptors (Lipinski definition) is 3.